The van der Waals surface area contributed by atoms with Crippen LogP contribution in [0.15, 0.2) is 43.0 Å². The van der Waals surface area contributed by atoms with Gasteiger partial charge in [-0.05, 0) is 50.1 Å². The number of anilines is 1. The fourth-order valence-corrected chi connectivity index (χ4v) is 5.33. The van der Waals surface area contributed by atoms with Gasteiger partial charge in [-0.15, -0.1) is 10.2 Å². The number of nitrogens with zero attached hydrogens (tertiary/aromatic N) is 7. The molecule has 39 heavy (non-hydrogen) atoms. The van der Waals surface area contributed by atoms with Crippen LogP contribution in [0, 0.1) is 6.92 Å². The third kappa shape index (κ3) is 4.88. The van der Waals surface area contributed by atoms with E-state index in [4.69, 9.17) is 4.74 Å². The molecule has 1 spiro atoms. The van der Waals surface area contributed by atoms with Crippen LogP contribution in [0.4, 0.5) is 5.69 Å². The second kappa shape index (κ2) is 10.2. The first kappa shape index (κ1) is 25.1. The highest BCUT2D eigenvalue weighted by molar-refractivity contribution is 6.03. The van der Waals surface area contributed by atoms with Crippen molar-refractivity contribution in [2.24, 2.45) is 7.05 Å². The quantitative estimate of drug-likeness (QED) is 0.372. The standard InChI is InChI=1S/C27H31N9O3/c1-18-22(11-20(13-29-18)25(37)28-7-10-35-8-4-3-6-27(35)16-39-17-27)31-26(38)24-33-32-23-12-19(5-9-36(23)24)21-14-30-34(2)15-21/h5,9,11-15H,3-4,6-8,10,16-17H2,1-2H3,(H,28,37)(H,31,38). The predicted octanol–water partition coefficient (Wildman–Crippen LogP) is 2.07. The minimum atomic E-state index is -0.447. The smallest absolute Gasteiger partial charge is 0.294 e. The molecule has 12 heteroatoms. The Kier molecular flexibility index (Phi) is 6.57. The maximum Gasteiger partial charge on any atom is 0.294 e. The Morgan fingerprint density at radius 3 is 2.74 bits per heavy atom. The summed E-state index contributed by atoms with van der Waals surface area (Å²) >= 11 is 0. The molecule has 4 aromatic rings. The van der Waals surface area contributed by atoms with Gasteiger partial charge in [0.05, 0.1) is 41.9 Å². The van der Waals surface area contributed by atoms with Crippen molar-refractivity contribution in [2.75, 3.05) is 38.2 Å². The van der Waals surface area contributed by atoms with Crippen LogP contribution in [0.5, 0.6) is 0 Å². The van der Waals surface area contributed by atoms with E-state index in [0.717, 1.165) is 43.9 Å². The number of carbonyl (C=O) groups is 2. The Hall–Kier alpha value is -4.16. The zero-order valence-corrected chi connectivity index (χ0v) is 22.1. The predicted molar refractivity (Wildman–Crippen MR) is 143 cm³/mol. The van der Waals surface area contributed by atoms with Crippen molar-refractivity contribution in [3.63, 3.8) is 0 Å². The van der Waals surface area contributed by atoms with Crippen molar-refractivity contribution in [2.45, 2.75) is 31.7 Å². The Balaban J connectivity index is 1.11. The average molecular weight is 530 g/mol. The molecule has 0 aliphatic carbocycles. The highest BCUT2D eigenvalue weighted by Gasteiger charge is 2.44. The fraction of sp³-hybridized carbons (Fsp3) is 0.407. The number of nitrogens with one attached hydrogen (secondary N) is 2. The molecule has 12 nitrogen and oxygen atoms in total. The summed E-state index contributed by atoms with van der Waals surface area (Å²) in [4.78, 5) is 32.8. The summed E-state index contributed by atoms with van der Waals surface area (Å²) in [6.07, 6.45) is 10.5. The van der Waals surface area contributed by atoms with E-state index >= 15 is 0 Å². The molecular weight excluding hydrogens is 498 g/mol. The highest BCUT2D eigenvalue weighted by atomic mass is 16.5. The Morgan fingerprint density at radius 1 is 1.10 bits per heavy atom. The van der Waals surface area contributed by atoms with Crippen LogP contribution in [0.1, 0.15) is 45.9 Å². The number of hydrogen-bond donors (Lipinski definition) is 2. The Labute approximate surface area is 225 Å². The first-order chi connectivity index (χ1) is 18.9. The molecule has 0 aromatic carbocycles. The van der Waals surface area contributed by atoms with E-state index in [1.54, 1.807) is 34.5 Å². The van der Waals surface area contributed by atoms with Crippen LogP contribution in [0.25, 0.3) is 16.8 Å². The Morgan fingerprint density at radius 2 is 1.97 bits per heavy atom. The van der Waals surface area contributed by atoms with E-state index in [9.17, 15) is 9.59 Å². The molecular formula is C27H31N9O3. The van der Waals surface area contributed by atoms with Gasteiger partial charge < -0.3 is 15.4 Å². The van der Waals surface area contributed by atoms with E-state index in [1.165, 1.54) is 19.0 Å². The molecule has 2 fully saturated rings. The van der Waals surface area contributed by atoms with E-state index in [1.807, 2.05) is 25.4 Å². The third-order valence-electron chi connectivity index (χ3n) is 7.65. The number of piperidine rings is 1. The van der Waals surface area contributed by atoms with Gasteiger partial charge in [-0.25, -0.2) is 0 Å². The number of pyridine rings is 2. The van der Waals surface area contributed by atoms with Gasteiger partial charge in [-0.3, -0.25) is 28.6 Å². The number of hydrogen-bond acceptors (Lipinski definition) is 8. The first-order valence-electron chi connectivity index (χ1n) is 13.1. The lowest BCUT2D eigenvalue weighted by Gasteiger charge is -2.52. The molecule has 0 unspecified atom stereocenters. The number of rotatable bonds is 7. The zero-order valence-electron chi connectivity index (χ0n) is 22.1. The highest BCUT2D eigenvalue weighted by Crippen LogP contribution is 2.34. The SMILES string of the molecule is Cc1ncc(C(=O)NCCN2CCCCC23COC3)cc1NC(=O)c1nnc2cc(-c3cnn(C)c3)ccn12. The van der Waals surface area contributed by atoms with E-state index in [0.29, 0.717) is 29.1 Å². The molecule has 2 N–H and O–H groups in total. The Bertz CT molecular complexity index is 1540. The third-order valence-corrected chi connectivity index (χ3v) is 7.65. The molecule has 2 aliphatic heterocycles. The van der Waals surface area contributed by atoms with Crippen molar-refractivity contribution < 1.29 is 14.3 Å². The number of fused-ring (bicyclic) bond motifs is 1. The van der Waals surface area contributed by atoms with Crippen LogP contribution in [-0.2, 0) is 11.8 Å². The summed E-state index contributed by atoms with van der Waals surface area (Å²) in [6, 6.07) is 5.37. The van der Waals surface area contributed by atoms with Crippen molar-refractivity contribution >= 4 is 23.1 Å². The van der Waals surface area contributed by atoms with Crippen molar-refractivity contribution in [3.05, 3.63) is 60.1 Å². The largest absolute Gasteiger partial charge is 0.377 e. The van der Waals surface area contributed by atoms with Crippen LogP contribution in [-0.4, -0.2) is 84.5 Å². The van der Waals surface area contributed by atoms with Gasteiger partial charge in [-0.1, -0.05) is 6.42 Å². The van der Waals surface area contributed by atoms with Crippen LogP contribution in [0.2, 0.25) is 0 Å². The fourth-order valence-electron chi connectivity index (χ4n) is 5.33. The minimum absolute atomic E-state index is 0.132. The zero-order chi connectivity index (χ0) is 27.0. The van der Waals surface area contributed by atoms with Gasteiger partial charge in [0, 0.05) is 44.3 Å². The normalized spacial score (nSPS) is 16.8. The van der Waals surface area contributed by atoms with Gasteiger partial charge in [0.1, 0.15) is 0 Å². The molecule has 6 rings (SSSR count). The number of aryl methyl sites for hydroxylation is 2. The number of amides is 2. The number of ether oxygens (including phenoxy) is 1. The molecule has 0 bridgehead atoms. The van der Waals surface area contributed by atoms with Crippen molar-refractivity contribution in [3.8, 4) is 11.1 Å². The second-order valence-corrected chi connectivity index (χ2v) is 10.3. The summed E-state index contributed by atoms with van der Waals surface area (Å²) < 4.78 is 8.83. The second-order valence-electron chi connectivity index (χ2n) is 10.3. The minimum Gasteiger partial charge on any atom is -0.377 e. The molecule has 2 amide bonds. The monoisotopic (exact) mass is 529 g/mol. The molecule has 0 atom stereocenters. The maximum absolute atomic E-state index is 13.1. The van der Waals surface area contributed by atoms with Gasteiger partial charge in [0.15, 0.2) is 5.65 Å². The van der Waals surface area contributed by atoms with Crippen LogP contribution in [0.3, 0.4) is 0 Å². The molecule has 6 heterocycles. The molecule has 202 valence electrons. The summed E-state index contributed by atoms with van der Waals surface area (Å²) in [5.74, 6) is -0.547. The van der Waals surface area contributed by atoms with E-state index < -0.39 is 5.91 Å². The molecule has 4 aromatic heterocycles. The lowest BCUT2D eigenvalue weighted by molar-refractivity contribution is -0.155. The lowest BCUT2D eigenvalue weighted by atomic mass is 9.85. The van der Waals surface area contributed by atoms with E-state index in [2.05, 4.69) is 35.8 Å². The van der Waals surface area contributed by atoms with Gasteiger partial charge in [0.25, 0.3) is 11.8 Å². The number of aromatic nitrogens is 6. The van der Waals surface area contributed by atoms with Crippen LogP contribution < -0.4 is 10.6 Å². The number of carbonyl (C=O) groups excluding carboxylic acids is 2. The summed E-state index contributed by atoms with van der Waals surface area (Å²) in [5.41, 5.74) is 3.96. The molecule has 2 aliphatic rings. The lowest BCUT2D eigenvalue weighted by Crippen LogP contribution is -2.65. The maximum atomic E-state index is 13.1. The molecule has 2 saturated heterocycles. The van der Waals surface area contributed by atoms with Crippen molar-refractivity contribution in [1.82, 2.24) is 39.6 Å². The van der Waals surface area contributed by atoms with Gasteiger partial charge in [0.2, 0.25) is 5.82 Å². The number of likely N-dealkylation sites (tertiary alicyclic amines) is 1. The topological polar surface area (TPSA) is 132 Å². The van der Waals surface area contributed by atoms with Gasteiger partial charge >= 0.3 is 0 Å². The van der Waals surface area contributed by atoms with Crippen LogP contribution >= 0.6 is 0 Å². The summed E-state index contributed by atoms with van der Waals surface area (Å²) in [6.45, 7) is 5.67. The summed E-state index contributed by atoms with van der Waals surface area (Å²) in [7, 11) is 1.85. The molecule has 0 saturated carbocycles. The van der Waals surface area contributed by atoms with Gasteiger partial charge in [-0.2, -0.15) is 5.10 Å². The first-order valence-corrected chi connectivity index (χ1v) is 13.1. The molecule has 0 radical (unpaired) electrons. The summed E-state index contributed by atoms with van der Waals surface area (Å²) in [5, 5.41) is 18.3. The van der Waals surface area contributed by atoms with Crippen molar-refractivity contribution in [1.29, 1.82) is 0 Å². The van der Waals surface area contributed by atoms with E-state index in [-0.39, 0.29) is 17.3 Å². The average Bonchev–Trinajstić information content (AvgIpc) is 3.55.